The molecule has 0 N–H and O–H groups in total. The smallest absolute Gasteiger partial charge is 0.0389 e. The highest BCUT2D eigenvalue weighted by Gasteiger charge is 2.14. The van der Waals surface area contributed by atoms with Crippen LogP contribution in [-0.2, 0) is 0 Å². The SMILES string of the molecule is CCCCCCCC(CCC)C(C)CCC. The summed E-state index contributed by atoms with van der Waals surface area (Å²) >= 11 is 0. The van der Waals surface area contributed by atoms with Gasteiger partial charge in [-0.25, -0.2) is 0 Å². The highest BCUT2D eigenvalue weighted by molar-refractivity contribution is 4.66. The van der Waals surface area contributed by atoms with E-state index in [1.54, 1.807) is 0 Å². The Hall–Kier alpha value is 0. The Kier molecular flexibility index (Phi) is 11.5. The van der Waals surface area contributed by atoms with Crippen LogP contribution in [0.4, 0.5) is 0 Å². The van der Waals surface area contributed by atoms with Crippen LogP contribution in [0.1, 0.15) is 91.9 Å². The van der Waals surface area contributed by atoms with E-state index in [0.29, 0.717) is 0 Å². The van der Waals surface area contributed by atoms with Crippen molar-refractivity contribution < 1.29 is 0 Å². The van der Waals surface area contributed by atoms with E-state index >= 15 is 0 Å². The van der Waals surface area contributed by atoms with E-state index in [-0.39, 0.29) is 0 Å². The molecular formula is C16H34. The lowest BCUT2D eigenvalue weighted by Crippen LogP contribution is -2.11. The van der Waals surface area contributed by atoms with Crippen LogP contribution < -0.4 is 0 Å². The molecule has 0 radical (unpaired) electrons. The zero-order chi connectivity index (χ0) is 12.2. The van der Waals surface area contributed by atoms with Gasteiger partial charge in [-0.05, 0) is 11.8 Å². The molecule has 0 heteroatoms. The van der Waals surface area contributed by atoms with Gasteiger partial charge in [-0.15, -0.1) is 0 Å². The standard InChI is InChI=1S/C16H34/c1-5-8-9-10-11-14-16(13-7-3)15(4)12-6-2/h15-16H,5-14H2,1-4H3. The number of hydrogen-bond acceptors (Lipinski definition) is 0. The first-order valence-corrected chi connectivity index (χ1v) is 7.76. The molecule has 2 unspecified atom stereocenters. The first kappa shape index (κ1) is 16.0. The number of unbranched alkanes of at least 4 members (excludes halogenated alkanes) is 4. The normalized spacial score (nSPS) is 15.0. The minimum Gasteiger partial charge on any atom is -0.0654 e. The van der Waals surface area contributed by atoms with Crippen LogP contribution in [0.2, 0.25) is 0 Å². The van der Waals surface area contributed by atoms with Crippen molar-refractivity contribution >= 4 is 0 Å². The fourth-order valence-corrected chi connectivity index (χ4v) is 2.79. The van der Waals surface area contributed by atoms with Gasteiger partial charge in [0.05, 0.1) is 0 Å². The molecule has 0 saturated carbocycles. The molecule has 0 heterocycles. The summed E-state index contributed by atoms with van der Waals surface area (Å²) in [5, 5.41) is 0. The molecule has 0 amide bonds. The molecule has 0 fully saturated rings. The Morgan fingerprint density at radius 1 is 0.625 bits per heavy atom. The molecule has 0 spiro atoms. The van der Waals surface area contributed by atoms with Gasteiger partial charge in [-0.1, -0.05) is 91.9 Å². The molecule has 0 saturated heterocycles. The summed E-state index contributed by atoms with van der Waals surface area (Å²) < 4.78 is 0. The fraction of sp³-hybridized carbons (Fsp3) is 1.00. The van der Waals surface area contributed by atoms with Gasteiger partial charge in [0.15, 0.2) is 0 Å². The summed E-state index contributed by atoms with van der Waals surface area (Å²) in [7, 11) is 0. The molecule has 0 aromatic carbocycles. The van der Waals surface area contributed by atoms with E-state index in [4.69, 9.17) is 0 Å². The first-order valence-electron chi connectivity index (χ1n) is 7.76. The van der Waals surface area contributed by atoms with Crippen molar-refractivity contribution in [2.45, 2.75) is 91.9 Å². The van der Waals surface area contributed by atoms with Crippen LogP contribution >= 0.6 is 0 Å². The predicted molar refractivity (Wildman–Crippen MR) is 75.8 cm³/mol. The second kappa shape index (κ2) is 11.5. The van der Waals surface area contributed by atoms with Crippen molar-refractivity contribution in [1.29, 1.82) is 0 Å². The average molecular weight is 226 g/mol. The Morgan fingerprint density at radius 3 is 1.81 bits per heavy atom. The molecule has 2 atom stereocenters. The Labute approximate surface area is 104 Å². The van der Waals surface area contributed by atoms with Gasteiger partial charge in [-0.3, -0.25) is 0 Å². The van der Waals surface area contributed by atoms with Crippen LogP contribution in [0.15, 0.2) is 0 Å². The monoisotopic (exact) mass is 226 g/mol. The van der Waals surface area contributed by atoms with Crippen molar-refractivity contribution in [1.82, 2.24) is 0 Å². The lowest BCUT2D eigenvalue weighted by atomic mass is 9.83. The minimum absolute atomic E-state index is 0.955. The van der Waals surface area contributed by atoms with Gasteiger partial charge >= 0.3 is 0 Å². The minimum atomic E-state index is 0.955. The van der Waals surface area contributed by atoms with Crippen molar-refractivity contribution in [3.63, 3.8) is 0 Å². The van der Waals surface area contributed by atoms with Crippen molar-refractivity contribution in [3.05, 3.63) is 0 Å². The van der Waals surface area contributed by atoms with Crippen molar-refractivity contribution in [2.75, 3.05) is 0 Å². The van der Waals surface area contributed by atoms with Gasteiger partial charge in [0.25, 0.3) is 0 Å². The Bertz CT molecular complexity index is 128. The summed E-state index contributed by atoms with van der Waals surface area (Å²) in [4.78, 5) is 0. The summed E-state index contributed by atoms with van der Waals surface area (Å²) in [5.41, 5.74) is 0. The van der Waals surface area contributed by atoms with E-state index in [0.717, 1.165) is 11.8 Å². The van der Waals surface area contributed by atoms with Gasteiger partial charge < -0.3 is 0 Å². The third kappa shape index (κ3) is 8.19. The summed E-state index contributed by atoms with van der Waals surface area (Å²) in [5.74, 6) is 1.96. The molecule has 0 aromatic rings. The maximum atomic E-state index is 2.47. The molecule has 16 heavy (non-hydrogen) atoms. The van der Waals surface area contributed by atoms with Gasteiger partial charge in [-0.2, -0.15) is 0 Å². The highest BCUT2D eigenvalue weighted by atomic mass is 14.2. The number of rotatable bonds is 11. The van der Waals surface area contributed by atoms with Crippen LogP contribution in [0, 0.1) is 11.8 Å². The molecule has 98 valence electrons. The van der Waals surface area contributed by atoms with Gasteiger partial charge in [0, 0.05) is 0 Å². The molecule has 0 aromatic heterocycles. The van der Waals surface area contributed by atoms with Crippen molar-refractivity contribution in [3.8, 4) is 0 Å². The molecule has 0 bridgehead atoms. The molecule has 0 rings (SSSR count). The van der Waals surface area contributed by atoms with Gasteiger partial charge in [0.2, 0.25) is 0 Å². The van der Waals surface area contributed by atoms with E-state index in [9.17, 15) is 0 Å². The van der Waals surface area contributed by atoms with Crippen LogP contribution in [0.5, 0.6) is 0 Å². The molecule has 0 aliphatic rings. The average Bonchev–Trinajstić information content (AvgIpc) is 2.27. The third-order valence-corrected chi connectivity index (χ3v) is 3.89. The number of hydrogen-bond donors (Lipinski definition) is 0. The van der Waals surface area contributed by atoms with Crippen LogP contribution in [-0.4, -0.2) is 0 Å². The lowest BCUT2D eigenvalue weighted by Gasteiger charge is -2.23. The summed E-state index contributed by atoms with van der Waals surface area (Å²) in [6.07, 6.45) is 14.3. The largest absolute Gasteiger partial charge is 0.0654 e. The summed E-state index contributed by atoms with van der Waals surface area (Å²) in [6.45, 7) is 9.42. The second-order valence-corrected chi connectivity index (χ2v) is 5.52. The van der Waals surface area contributed by atoms with Crippen LogP contribution in [0.25, 0.3) is 0 Å². The summed E-state index contributed by atoms with van der Waals surface area (Å²) in [6, 6.07) is 0. The maximum absolute atomic E-state index is 2.47. The van der Waals surface area contributed by atoms with E-state index < -0.39 is 0 Å². The van der Waals surface area contributed by atoms with E-state index in [1.165, 1.54) is 64.2 Å². The molecule has 0 aliphatic heterocycles. The third-order valence-electron chi connectivity index (χ3n) is 3.89. The van der Waals surface area contributed by atoms with Crippen LogP contribution in [0.3, 0.4) is 0 Å². The van der Waals surface area contributed by atoms with Crippen molar-refractivity contribution in [2.24, 2.45) is 11.8 Å². The van der Waals surface area contributed by atoms with E-state index in [2.05, 4.69) is 27.7 Å². The molecular weight excluding hydrogens is 192 g/mol. The first-order chi connectivity index (χ1) is 7.76. The molecule has 0 aliphatic carbocycles. The zero-order valence-electron chi connectivity index (χ0n) is 12.2. The fourth-order valence-electron chi connectivity index (χ4n) is 2.79. The predicted octanol–water partition coefficient (Wildman–Crippen LogP) is 6.20. The maximum Gasteiger partial charge on any atom is -0.0389 e. The topological polar surface area (TPSA) is 0 Å². The van der Waals surface area contributed by atoms with E-state index in [1.807, 2.05) is 0 Å². The highest BCUT2D eigenvalue weighted by Crippen LogP contribution is 2.27. The Morgan fingerprint density at radius 2 is 1.25 bits per heavy atom. The Balaban J connectivity index is 3.66. The quantitative estimate of drug-likeness (QED) is 0.368. The zero-order valence-corrected chi connectivity index (χ0v) is 12.2. The lowest BCUT2D eigenvalue weighted by molar-refractivity contribution is 0.286. The second-order valence-electron chi connectivity index (χ2n) is 5.52. The van der Waals surface area contributed by atoms with Gasteiger partial charge in [0.1, 0.15) is 0 Å². The molecule has 0 nitrogen and oxygen atoms in total.